The second-order valence-corrected chi connectivity index (χ2v) is 10.5. The number of ether oxygens (including phenoxy) is 2. The lowest BCUT2D eigenvalue weighted by molar-refractivity contribution is -0.118. The number of rotatable bonds is 7. The molecule has 0 spiro atoms. The summed E-state index contributed by atoms with van der Waals surface area (Å²) >= 11 is 0. The van der Waals surface area contributed by atoms with E-state index in [4.69, 9.17) is 14.7 Å². The summed E-state index contributed by atoms with van der Waals surface area (Å²) in [5.74, 6) is 0.0712. The predicted octanol–water partition coefficient (Wildman–Crippen LogP) is 2.98. The molecular formula is C25H30N4O5S. The number of nitrogens with one attached hydrogen (secondary N) is 1. The van der Waals surface area contributed by atoms with E-state index in [1.54, 1.807) is 42.5 Å². The molecule has 2 saturated heterocycles. The number of morpholine rings is 1. The van der Waals surface area contributed by atoms with Crippen molar-refractivity contribution >= 4 is 27.3 Å². The number of hydrogen-bond acceptors (Lipinski definition) is 7. The van der Waals surface area contributed by atoms with Crippen molar-refractivity contribution in [1.29, 1.82) is 5.26 Å². The van der Waals surface area contributed by atoms with Gasteiger partial charge >= 0.3 is 0 Å². The number of nitriles is 1. The molecule has 0 aliphatic carbocycles. The Morgan fingerprint density at radius 2 is 1.69 bits per heavy atom. The summed E-state index contributed by atoms with van der Waals surface area (Å²) in [6.45, 7) is 2.78. The monoisotopic (exact) mass is 498 g/mol. The number of sulfonamides is 1. The van der Waals surface area contributed by atoms with Crippen LogP contribution in [0.5, 0.6) is 5.75 Å². The minimum atomic E-state index is -3.71. The molecule has 4 rings (SSSR count). The Labute approximate surface area is 206 Å². The van der Waals surface area contributed by atoms with Gasteiger partial charge in [0.25, 0.3) is 5.91 Å². The van der Waals surface area contributed by atoms with E-state index in [0.717, 1.165) is 44.5 Å². The Bertz CT molecular complexity index is 1160. The van der Waals surface area contributed by atoms with Crippen LogP contribution in [0.4, 0.5) is 11.4 Å². The lowest BCUT2D eigenvalue weighted by Crippen LogP contribution is -2.40. The van der Waals surface area contributed by atoms with Crippen molar-refractivity contribution in [3.05, 3.63) is 48.0 Å². The van der Waals surface area contributed by atoms with E-state index in [1.807, 2.05) is 6.07 Å². The molecule has 0 bridgehead atoms. The third-order valence-electron chi connectivity index (χ3n) is 6.15. The molecule has 0 saturated carbocycles. The summed E-state index contributed by atoms with van der Waals surface area (Å²) in [7, 11) is -3.71. The molecule has 2 aromatic carbocycles. The molecule has 9 nitrogen and oxygen atoms in total. The fraction of sp³-hybridized carbons (Fsp3) is 0.440. The Hall–Kier alpha value is -3.13. The molecule has 2 aromatic rings. The molecule has 35 heavy (non-hydrogen) atoms. The summed E-state index contributed by atoms with van der Waals surface area (Å²) in [4.78, 5) is 15.1. The van der Waals surface area contributed by atoms with E-state index >= 15 is 0 Å². The quantitative estimate of drug-likeness (QED) is 0.625. The molecule has 10 heteroatoms. The topological polar surface area (TPSA) is 112 Å². The fourth-order valence-electron chi connectivity index (χ4n) is 4.26. The molecule has 2 fully saturated rings. The summed E-state index contributed by atoms with van der Waals surface area (Å²) in [5.41, 5.74) is 1.76. The van der Waals surface area contributed by atoms with Gasteiger partial charge in [-0.3, -0.25) is 4.79 Å². The van der Waals surface area contributed by atoms with E-state index in [2.05, 4.69) is 10.2 Å². The second kappa shape index (κ2) is 11.5. The van der Waals surface area contributed by atoms with E-state index < -0.39 is 15.9 Å². The van der Waals surface area contributed by atoms with Crippen LogP contribution in [0.1, 0.15) is 31.2 Å². The molecule has 0 aromatic heterocycles. The highest BCUT2D eigenvalue weighted by atomic mass is 32.2. The van der Waals surface area contributed by atoms with Crippen LogP contribution in [-0.2, 0) is 19.6 Å². The standard InChI is InChI=1S/C25H30N4O5S/c26-18-20-5-7-21(8-6-20)34-19-25(30)27-23-17-22(35(31,32)29-13-15-33-16-14-29)9-10-24(23)28-11-3-1-2-4-12-28/h5-10,17H,1-4,11-16,19H2,(H,27,30). The zero-order chi connectivity index (χ0) is 24.7. The SMILES string of the molecule is N#Cc1ccc(OCC(=O)Nc2cc(S(=O)(=O)N3CCOCC3)ccc2N2CCCCCC2)cc1. The lowest BCUT2D eigenvalue weighted by Gasteiger charge is -2.28. The highest BCUT2D eigenvalue weighted by Crippen LogP contribution is 2.32. The van der Waals surface area contributed by atoms with Gasteiger partial charge in [-0.2, -0.15) is 9.57 Å². The van der Waals surface area contributed by atoms with Crippen LogP contribution in [0, 0.1) is 11.3 Å². The second-order valence-electron chi connectivity index (χ2n) is 8.57. The van der Waals surface area contributed by atoms with Crippen LogP contribution in [0.25, 0.3) is 0 Å². The Balaban J connectivity index is 1.55. The van der Waals surface area contributed by atoms with Crippen molar-refractivity contribution in [2.24, 2.45) is 0 Å². The van der Waals surface area contributed by atoms with Gasteiger partial charge < -0.3 is 19.7 Å². The van der Waals surface area contributed by atoms with Gasteiger partial charge in [0.15, 0.2) is 6.61 Å². The van der Waals surface area contributed by atoms with E-state index in [-0.39, 0.29) is 11.5 Å². The number of amides is 1. The Kier molecular flexibility index (Phi) is 8.23. The average Bonchev–Trinajstić information content (AvgIpc) is 3.18. The van der Waals surface area contributed by atoms with E-state index in [0.29, 0.717) is 43.3 Å². The third-order valence-corrected chi connectivity index (χ3v) is 8.04. The molecule has 0 atom stereocenters. The van der Waals surface area contributed by atoms with Gasteiger partial charge in [-0.15, -0.1) is 0 Å². The average molecular weight is 499 g/mol. The van der Waals surface area contributed by atoms with Crippen LogP contribution < -0.4 is 15.0 Å². The van der Waals surface area contributed by atoms with Crippen molar-refractivity contribution in [2.75, 3.05) is 56.2 Å². The molecule has 186 valence electrons. The van der Waals surface area contributed by atoms with Crippen molar-refractivity contribution in [1.82, 2.24) is 4.31 Å². The summed E-state index contributed by atoms with van der Waals surface area (Å²) in [5, 5.41) is 11.8. The Morgan fingerprint density at radius 3 is 2.34 bits per heavy atom. The van der Waals surface area contributed by atoms with Crippen molar-refractivity contribution in [3.8, 4) is 11.8 Å². The Morgan fingerprint density at radius 1 is 1.00 bits per heavy atom. The third kappa shape index (κ3) is 6.31. The number of carbonyl (C=O) groups is 1. The molecule has 2 aliphatic rings. The lowest BCUT2D eigenvalue weighted by atomic mass is 10.2. The number of nitrogens with zero attached hydrogens (tertiary/aromatic N) is 3. The number of benzene rings is 2. The summed E-state index contributed by atoms with van der Waals surface area (Å²) in [6.07, 6.45) is 4.40. The normalized spacial score (nSPS) is 17.3. The van der Waals surface area contributed by atoms with Crippen molar-refractivity contribution in [3.63, 3.8) is 0 Å². The van der Waals surface area contributed by atoms with Crippen LogP contribution in [-0.4, -0.2) is 64.6 Å². The smallest absolute Gasteiger partial charge is 0.262 e. The number of hydrogen-bond donors (Lipinski definition) is 1. The molecule has 1 N–H and O–H groups in total. The van der Waals surface area contributed by atoms with Crippen LogP contribution in [0.2, 0.25) is 0 Å². The first kappa shape index (κ1) is 25.0. The highest BCUT2D eigenvalue weighted by Gasteiger charge is 2.28. The van der Waals surface area contributed by atoms with Crippen molar-refractivity contribution in [2.45, 2.75) is 30.6 Å². The summed E-state index contributed by atoms with van der Waals surface area (Å²) < 4.78 is 38.7. The maximum absolute atomic E-state index is 13.2. The zero-order valence-electron chi connectivity index (χ0n) is 19.6. The van der Waals surface area contributed by atoms with Gasteiger partial charge in [-0.05, 0) is 55.3 Å². The number of carbonyl (C=O) groups excluding carboxylic acids is 1. The summed E-state index contributed by atoms with van der Waals surface area (Å²) in [6, 6.07) is 13.5. The molecule has 2 aliphatic heterocycles. The first-order valence-corrected chi connectivity index (χ1v) is 13.3. The highest BCUT2D eigenvalue weighted by molar-refractivity contribution is 7.89. The molecule has 0 radical (unpaired) electrons. The van der Waals surface area contributed by atoms with E-state index in [1.165, 1.54) is 4.31 Å². The van der Waals surface area contributed by atoms with E-state index in [9.17, 15) is 13.2 Å². The minimum absolute atomic E-state index is 0.140. The zero-order valence-corrected chi connectivity index (χ0v) is 20.4. The molecule has 0 unspecified atom stereocenters. The van der Waals surface area contributed by atoms with Gasteiger partial charge in [0.1, 0.15) is 5.75 Å². The first-order chi connectivity index (χ1) is 17.0. The molecule has 1 amide bonds. The van der Waals surface area contributed by atoms with Gasteiger partial charge in [0.05, 0.1) is 41.1 Å². The van der Waals surface area contributed by atoms with Gasteiger partial charge in [0, 0.05) is 26.2 Å². The van der Waals surface area contributed by atoms with Crippen LogP contribution >= 0.6 is 0 Å². The largest absolute Gasteiger partial charge is 0.484 e. The van der Waals surface area contributed by atoms with Gasteiger partial charge in [0.2, 0.25) is 10.0 Å². The fourth-order valence-corrected chi connectivity index (χ4v) is 5.69. The minimum Gasteiger partial charge on any atom is -0.484 e. The van der Waals surface area contributed by atoms with Gasteiger partial charge in [-0.1, -0.05) is 12.8 Å². The predicted molar refractivity (Wildman–Crippen MR) is 132 cm³/mol. The maximum Gasteiger partial charge on any atom is 0.262 e. The maximum atomic E-state index is 13.2. The number of anilines is 2. The molecular weight excluding hydrogens is 468 g/mol. The molecule has 2 heterocycles. The van der Waals surface area contributed by atoms with Gasteiger partial charge in [-0.25, -0.2) is 8.42 Å². The first-order valence-electron chi connectivity index (χ1n) is 11.9. The van der Waals surface area contributed by atoms with Crippen molar-refractivity contribution < 1.29 is 22.7 Å². The van der Waals surface area contributed by atoms with Crippen LogP contribution in [0.3, 0.4) is 0 Å². The van der Waals surface area contributed by atoms with Crippen LogP contribution in [0.15, 0.2) is 47.4 Å².